The maximum absolute atomic E-state index is 12.6. The van der Waals surface area contributed by atoms with Crippen molar-refractivity contribution < 1.29 is 33.3 Å². The van der Waals surface area contributed by atoms with Crippen LogP contribution in [-0.2, 0) is 20.9 Å². The lowest BCUT2D eigenvalue weighted by Gasteiger charge is -2.25. The van der Waals surface area contributed by atoms with Gasteiger partial charge in [-0.2, -0.15) is 0 Å². The standard InChI is InChI=1S/C25H30O7/c1-15(2)12-31-24(27)25(3,4)14-32-21-18(9-10-20(28-5)22(21)29-6)16-7-8-19-17(11-16)13-30-23(19)26/h7-11,15H,12-14H2,1-6H3. The first kappa shape index (κ1) is 23.4. The Hall–Kier alpha value is -3.22. The molecular weight excluding hydrogens is 412 g/mol. The molecule has 0 N–H and O–H groups in total. The zero-order valence-electron chi connectivity index (χ0n) is 19.4. The van der Waals surface area contributed by atoms with Crippen LogP contribution in [0.25, 0.3) is 11.1 Å². The molecule has 0 unspecified atom stereocenters. The second kappa shape index (κ2) is 9.51. The quantitative estimate of drug-likeness (QED) is 0.523. The highest BCUT2D eigenvalue weighted by Gasteiger charge is 2.32. The molecule has 0 atom stereocenters. The van der Waals surface area contributed by atoms with Gasteiger partial charge in [0.25, 0.3) is 0 Å². The number of ether oxygens (including phenoxy) is 5. The van der Waals surface area contributed by atoms with Gasteiger partial charge >= 0.3 is 11.9 Å². The Balaban J connectivity index is 1.95. The minimum absolute atomic E-state index is 0.0764. The SMILES string of the molecule is COc1ccc(-c2ccc3c(c2)COC3=O)c(OCC(C)(C)C(=O)OCC(C)C)c1OC. The van der Waals surface area contributed by atoms with Crippen LogP contribution in [0, 0.1) is 11.3 Å². The van der Waals surface area contributed by atoms with Crippen molar-refractivity contribution in [3.63, 3.8) is 0 Å². The van der Waals surface area contributed by atoms with Crippen molar-refractivity contribution in [3.8, 4) is 28.4 Å². The number of hydrogen-bond acceptors (Lipinski definition) is 7. The number of rotatable bonds is 9. The van der Waals surface area contributed by atoms with Crippen LogP contribution >= 0.6 is 0 Å². The Labute approximate surface area is 188 Å². The number of methoxy groups -OCH3 is 2. The molecule has 3 rings (SSSR count). The molecule has 32 heavy (non-hydrogen) atoms. The third kappa shape index (κ3) is 4.82. The minimum atomic E-state index is -0.877. The third-order valence-electron chi connectivity index (χ3n) is 5.17. The van der Waals surface area contributed by atoms with Crippen LogP contribution in [-0.4, -0.2) is 39.4 Å². The van der Waals surface area contributed by atoms with Crippen LogP contribution in [0.5, 0.6) is 17.2 Å². The summed E-state index contributed by atoms with van der Waals surface area (Å²) in [4.78, 5) is 24.4. The molecule has 0 aliphatic carbocycles. The predicted molar refractivity (Wildman–Crippen MR) is 119 cm³/mol. The number of hydrogen-bond donors (Lipinski definition) is 0. The maximum Gasteiger partial charge on any atom is 0.338 e. The molecule has 2 aromatic rings. The van der Waals surface area contributed by atoms with E-state index in [4.69, 9.17) is 23.7 Å². The molecule has 0 bridgehead atoms. The van der Waals surface area contributed by atoms with E-state index in [1.807, 2.05) is 32.0 Å². The van der Waals surface area contributed by atoms with Crippen LogP contribution in [0.15, 0.2) is 30.3 Å². The van der Waals surface area contributed by atoms with Gasteiger partial charge in [-0.15, -0.1) is 0 Å². The summed E-state index contributed by atoms with van der Waals surface area (Å²) in [5.74, 6) is 0.966. The van der Waals surface area contributed by atoms with Crippen LogP contribution in [0.1, 0.15) is 43.6 Å². The highest BCUT2D eigenvalue weighted by atomic mass is 16.6. The molecule has 0 spiro atoms. The summed E-state index contributed by atoms with van der Waals surface area (Å²) < 4.78 is 27.8. The summed E-state index contributed by atoms with van der Waals surface area (Å²) in [6, 6.07) is 9.13. The van der Waals surface area contributed by atoms with E-state index in [1.54, 1.807) is 33.1 Å². The molecule has 172 valence electrons. The molecule has 1 aliphatic rings. The van der Waals surface area contributed by atoms with Gasteiger partial charge in [0, 0.05) is 11.1 Å². The molecule has 7 heteroatoms. The number of carbonyl (C=O) groups excluding carboxylic acids is 2. The zero-order valence-corrected chi connectivity index (χ0v) is 19.4. The monoisotopic (exact) mass is 442 g/mol. The lowest BCUT2D eigenvalue weighted by Crippen LogP contribution is -2.33. The van der Waals surface area contributed by atoms with Gasteiger partial charge in [0.1, 0.15) is 13.2 Å². The first-order valence-corrected chi connectivity index (χ1v) is 10.5. The van der Waals surface area contributed by atoms with E-state index in [-0.39, 0.29) is 31.1 Å². The van der Waals surface area contributed by atoms with Gasteiger partial charge in [0.05, 0.1) is 31.8 Å². The van der Waals surface area contributed by atoms with E-state index in [2.05, 4.69) is 0 Å². The van der Waals surface area contributed by atoms with Crippen LogP contribution in [0.4, 0.5) is 0 Å². The van der Waals surface area contributed by atoms with Gasteiger partial charge in [0.2, 0.25) is 5.75 Å². The summed E-state index contributed by atoms with van der Waals surface area (Å²) in [5, 5.41) is 0. The highest BCUT2D eigenvalue weighted by molar-refractivity contribution is 5.94. The second-order valence-electron chi connectivity index (χ2n) is 8.79. The van der Waals surface area contributed by atoms with Crippen molar-refractivity contribution in [1.29, 1.82) is 0 Å². The summed E-state index contributed by atoms with van der Waals surface area (Å²) in [7, 11) is 3.08. The van der Waals surface area contributed by atoms with Crippen molar-refractivity contribution >= 4 is 11.9 Å². The lowest BCUT2D eigenvalue weighted by molar-refractivity contribution is -0.156. The van der Waals surface area contributed by atoms with Crippen LogP contribution in [0.3, 0.4) is 0 Å². The summed E-state index contributed by atoms with van der Waals surface area (Å²) in [6.07, 6.45) is 0. The lowest BCUT2D eigenvalue weighted by atomic mass is 9.94. The largest absolute Gasteiger partial charge is 0.493 e. The van der Waals surface area contributed by atoms with Gasteiger partial charge < -0.3 is 23.7 Å². The van der Waals surface area contributed by atoms with E-state index in [0.29, 0.717) is 29.4 Å². The molecular formula is C25H30O7. The predicted octanol–water partition coefficient (Wildman–Crippen LogP) is 4.65. The van der Waals surface area contributed by atoms with Crippen molar-refractivity contribution in [2.45, 2.75) is 34.3 Å². The van der Waals surface area contributed by atoms with Crippen molar-refractivity contribution in [2.75, 3.05) is 27.4 Å². The van der Waals surface area contributed by atoms with Gasteiger partial charge in [0.15, 0.2) is 11.5 Å². The molecule has 0 fully saturated rings. The fourth-order valence-corrected chi connectivity index (χ4v) is 3.32. The van der Waals surface area contributed by atoms with E-state index < -0.39 is 5.41 Å². The third-order valence-corrected chi connectivity index (χ3v) is 5.17. The van der Waals surface area contributed by atoms with Crippen molar-refractivity contribution in [1.82, 2.24) is 0 Å². The van der Waals surface area contributed by atoms with Crippen LogP contribution in [0.2, 0.25) is 0 Å². The Bertz CT molecular complexity index is 1010. The number of cyclic esters (lactones) is 1. The van der Waals surface area contributed by atoms with E-state index in [9.17, 15) is 9.59 Å². The molecule has 0 saturated carbocycles. The molecule has 1 aliphatic heterocycles. The van der Waals surface area contributed by atoms with Crippen molar-refractivity contribution in [2.24, 2.45) is 11.3 Å². The average Bonchev–Trinajstić information content (AvgIpc) is 3.15. The molecule has 0 amide bonds. The van der Waals surface area contributed by atoms with Gasteiger partial charge in [-0.25, -0.2) is 4.79 Å². The molecule has 0 aromatic heterocycles. The number of carbonyl (C=O) groups is 2. The van der Waals surface area contributed by atoms with Crippen LogP contribution < -0.4 is 14.2 Å². The normalized spacial score (nSPS) is 12.9. The summed E-state index contributed by atoms with van der Waals surface area (Å²) >= 11 is 0. The van der Waals surface area contributed by atoms with E-state index in [0.717, 1.165) is 16.7 Å². The minimum Gasteiger partial charge on any atom is -0.493 e. The number of fused-ring (bicyclic) bond motifs is 1. The molecule has 0 radical (unpaired) electrons. The fourth-order valence-electron chi connectivity index (χ4n) is 3.32. The van der Waals surface area contributed by atoms with Crippen molar-refractivity contribution in [3.05, 3.63) is 41.5 Å². The Morgan fingerprint density at radius 3 is 2.44 bits per heavy atom. The Kier molecular flexibility index (Phi) is 6.96. The van der Waals surface area contributed by atoms with Gasteiger partial charge in [-0.05, 0) is 49.6 Å². The van der Waals surface area contributed by atoms with E-state index in [1.165, 1.54) is 7.11 Å². The molecule has 7 nitrogen and oxygen atoms in total. The first-order valence-electron chi connectivity index (χ1n) is 10.5. The maximum atomic E-state index is 12.6. The smallest absolute Gasteiger partial charge is 0.338 e. The first-order chi connectivity index (χ1) is 15.2. The second-order valence-corrected chi connectivity index (χ2v) is 8.79. The Morgan fingerprint density at radius 2 is 1.78 bits per heavy atom. The number of esters is 2. The number of benzene rings is 2. The Morgan fingerprint density at radius 1 is 1.06 bits per heavy atom. The average molecular weight is 443 g/mol. The molecule has 1 heterocycles. The summed E-state index contributed by atoms with van der Waals surface area (Å²) in [6.45, 7) is 8.19. The molecule has 0 saturated heterocycles. The fraction of sp³-hybridized carbons (Fsp3) is 0.440. The molecule has 2 aromatic carbocycles. The summed E-state index contributed by atoms with van der Waals surface area (Å²) in [5.41, 5.74) is 2.07. The van der Waals surface area contributed by atoms with E-state index >= 15 is 0 Å². The van der Waals surface area contributed by atoms with Gasteiger partial charge in [-0.3, -0.25) is 4.79 Å². The topological polar surface area (TPSA) is 80.3 Å². The highest BCUT2D eigenvalue weighted by Crippen LogP contribution is 2.45. The zero-order chi connectivity index (χ0) is 23.5. The van der Waals surface area contributed by atoms with Gasteiger partial charge in [-0.1, -0.05) is 19.9 Å².